The molecule has 1 aromatic carbocycles. The van der Waals surface area contributed by atoms with Gasteiger partial charge in [-0.1, -0.05) is 17.7 Å². The number of carbonyl (C=O) groups is 1. The van der Waals surface area contributed by atoms with E-state index in [-0.39, 0.29) is 11.6 Å². The fourth-order valence-electron chi connectivity index (χ4n) is 1.72. The number of H-pyrrole nitrogens is 1. The Morgan fingerprint density at radius 2 is 2.00 bits per heavy atom. The number of nitrogens with two attached hydrogens (primary N) is 1. The van der Waals surface area contributed by atoms with Gasteiger partial charge in [-0.2, -0.15) is 0 Å². The molecular weight excluding hydrogens is 270 g/mol. The van der Waals surface area contributed by atoms with Gasteiger partial charge in [-0.15, -0.1) is 0 Å². The highest BCUT2D eigenvalue weighted by Crippen LogP contribution is 2.06. The van der Waals surface area contributed by atoms with Crippen molar-refractivity contribution in [1.82, 2.24) is 15.3 Å². The minimum Gasteiger partial charge on any atom is -0.391 e. The molecule has 2 aromatic rings. The molecule has 0 fully saturated rings. The lowest BCUT2D eigenvalue weighted by Gasteiger charge is -2.08. The Morgan fingerprint density at radius 3 is 2.71 bits per heavy atom. The van der Waals surface area contributed by atoms with Gasteiger partial charge in [-0.25, -0.2) is 4.98 Å². The zero-order chi connectivity index (χ0) is 15.2. The number of aromatic nitrogens is 2. The molecule has 1 heterocycles. The Hall–Kier alpha value is -2.83. The SMILES string of the molecule is Cc1ccc(C(=O)NCCNc2nc[nH]c(=O)c2N)cc1. The monoisotopic (exact) mass is 287 g/mol. The second kappa shape index (κ2) is 6.56. The van der Waals surface area contributed by atoms with Crippen LogP contribution < -0.4 is 21.9 Å². The average molecular weight is 287 g/mol. The van der Waals surface area contributed by atoms with E-state index in [0.717, 1.165) is 5.56 Å². The molecule has 0 atom stereocenters. The van der Waals surface area contributed by atoms with Crippen LogP contribution in [-0.4, -0.2) is 29.0 Å². The van der Waals surface area contributed by atoms with Crippen LogP contribution in [0.1, 0.15) is 15.9 Å². The summed E-state index contributed by atoms with van der Waals surface area (Å²) in [4.78, 5) is 29.4. The zero-order valence-electron chi connectivity index (χ0n) is 11.6. The maximum atomic E-state index is 11.9. The quantitative estimate of drug-likeness (QED) is 0.598. The molecule has 21 heavy (non-hydrogen) atoms. The van der Waals surface area contributed by atoms with Crippen LogP contribution in [0, 0.1) is 6.92 Å². The number of aromatic amines is 1. The highest BCUT2D eigenvalue weighted by atomic mass is 16.1. The van der Waals surface area contributed by atoms with Crippen molar-refractivity contribution in [3.8, 4) is 0 Å². The van der Waals surface area contributed by atoms with Crippen molar-refractivity contribution in [2.75, 3.05) is 24.1 Å². The minimum absolute atomic E-state index is 0.0300. The van der Waals surface area contributed by atoms with Crippen molar-refractivity contribution >= 4 is 17.4 Å². The molecule has 110 valence electrons. The van der Waals surface area contributed by atoms with Crippen molar-refractivity contribution < 1.29 is 4.79 Å². The molecule has 0 radical (unpaired) electrons. The largest absolute Gasteiger partial charge is 0.391 e. The van der Waals surface area contributed by atoms with Crippen LogP contribution in [0.3, 0.4) is 0 Å². The first-order valence-corrected chi connectivity index (χ1v) is 6.50. The van der Waals surface area contributed by atoms with Gasteiger partial charge in [0.15, 0.2) is 5.82 Å². The van der Waals surface area contributed by atoms with Gasteiger partial charge < -0.3 is 21.4 Å². The summed E-state index contributed by atoms with van der Waals surface area (Å²) >= 11 is 0. The number of rotatable bonds is 5. The zero-order valence-corrected chi connectivity index (χ0v) is 11.6. The molecule has 0 saturated heterocycles. The number of amides is 1. The van der Waals surface area contributed by atoms with Gasteiger partial charge in [0, 0.05) is 18.7 Å². The fraction of sp³-hybridized carbons (Fsp3) is 0.214. The van der Waals surface area contributed by atoms with Crippen LogP contribution in [0.15, 0.2) is 35.4 Å². The Labute approximate surface area is 121 Å². The normalized spacial score (nSPS) is 10.1. The van der Waals surface area contributed by atoms with Gasteiger partial charge in [-0.3, -0.25) is 9.59 Å². The first-order valence-electron chi connectivity index (χ1n) is 6.50. The molecule has 0 unspecified atom stereocenters. The minimum atomic E-state index is -0.392. The van der Waals surface area contributed by atoms with E-state index >= 15 is 0 Å². The van der Waals surface area contributed by atoms with Crippen LogP contribution in [0.2, 0.25) is 0 Å². The molecule has 5 N–H and O–H groups in total. The molecule has 1 aromatic heterocycles. The molecule has 0 aliphatic heterocycles. The number of benzene rings is 1. The fourth-order valence-corrected chi connectivity index (χ4v) is 1.72. The van der Waals surface area contributed by atoms with E-state index in [1.54, 1.807) is 12.1 Å². The molecule has 0 aliphatic rings. The van der Waals surface area contributed by atoms with Gasteiger partial charge in [-0.05, 0) is 19.1 Å². The lowest BCUT2D eigenvalue weighted by atomic mass is 10.1. The maximum absolute atomic E-state index is 11.9. The first kappa shape index (κ1) is 14.6. The Morgan fingerprint density at radius 1 is 1.29 bits per heavy atom. The van der Waals surface area contributed by atoms with Gasteiger partial charge in [0.1, 0.15) is 5.69 Å². The summed E-state index contributed by atoms with van der Waals surface area (Å²) in [5.41, 5.74) is 6.92. The van der Waals surface area contributed by atoms with E-state index in [2.05, 4.69) is 20.6 Å². The number of anilines is 2. The van der Waals surface area contributed by atoms with Crippen LogP contribution in [0.25, 0.3) is 0 Å². The number of nitrogen functional groups attached to an aromatic ring is 1. The van der Waals surface area contributed by atoms with Crippen molar-refractivity contribution in [2.24, 2.45) is 0 Å². The highest BCUT2D eigenvalue weighted by molar-refractivity contribution is 5.94. The maximum Gasteiger partial charge on any atom is 0.276 e. The van der Waals surface area contributed by atoms with Crippen molar-refractivity contribution in [2.45, 2.75) is 6.92 Å². The lowest BCUT2D eigenvalue weighted by molar-refractivity contribution is 0.0955. The summed E-state index contributed by atoms with van der Waals surface area (Å²) in [7, 11) is 0. The standard InChI is InChI=1S/C14H17N5O2/c1-9-2-4-10(5-3-9)13(20)17-7-6-16-12-11(15)14(21)19-8-18-12/h2-5,8H,6-7,15H2,1H3,(H,17,20)(H2,16,18,19,21). The van der Waals surface area contributed by atoms with Gasteiger partial charge >= 0.3 is 0 Å². The molecule has 0 spiro atoms. The summed E-state index contributed by atoms with van der Waals surface area (Å²) in [6.45, 7) is 2.77. The van der Waals surface area contributed by atoms with Gasteiger partial charge in [0.05, 0.1) is 6.33 Å². The first-order chi connectivity index (χ1) is 10.1. The number of carbonyl (C=O) groups excluding carboxylic acids is 1. The number of hydrogen-bond donors (Lipinski definition) is 4. The summed E-state index contributed by atoms with van der Waals surface area (Å²) < 4.78 is 0. The van der Waals surface area contributed by atoms with E-state index in [4.69, 9.17) is 5.73 Å². The van der Waals surface area contributed by atoms with Crippen molar-refractivity contribution in [3.05, 3.63) is 52.1 Å². The Balaban J connectivity index is 1.82. The second-order valence-electron chi connectivity index (χ2n) is 4.54. The smallest absolute Gasteiger partial charge is 0.276 e. The lowest BCUT2D eigenvalue weighted by Crippen LogP contribution is -2.29. The average Bonchev–Trinajstić information content (AvgIpc) is 2.48. The summed E-state index contributed by atoms with van der Waals surface area (Å²) in [5, 5.41) is 5.67. The number of nitrogens with one attached hydrogen (secondary N) is 3. The Kier molecular flexibility index (Phi) is 4.55. The van der Waals surface area contributed by atoms with Crippen LogP contribution in [0.5, 0.6) is 0 Å². The third kappa shape index (κ3) is 3.82. The van der Waals surface area contributed by atoms with E-state index in [1.165, 1.54) is 6.33 Å². The van der Waals surface area contributed by atoms with Crippen LogP contribution in [0.4, 0.5) is 11.5 Å². The summed E-state index contributed by atoms with van der Waals surface area (Å²) in [6, 6.07) is 7.31. The van der Waals surface area contributed by atoms with E-state index in [9.17, 15) is 9.59 Å². The summed E-state index contributed by atoms with van der Waals surface area (Å²) in [5.74, 6) is 0.159. The number of aryl methyl sites for hydroxylation is 1. The molecule has 0 aliphatic carbocycles. The number of hydrogen-bond acceptors (Lipinski definition) is 5. The highest BCUT2D eigenvalue weighted by Gasteiger charge is 2.05. The predicted molar refractivity (Wildman–Crippen MR) is 81.3 cm³/mol. The molecule has 2 rings (SSSR count). The Bertz CT molecular complexity index is 679. The van der Waals surface area contributed by atoms with E-state index in [0.29, 0.717) is 24.5 Å². The van der Waals surface area contributed by atoms with Crippen molar-refractivity contribution in [3.63, 3.8) is 0 Å². The third-order valence-electron chi connectivity index (χ3n) is 2.91. The topological polar surface area (TPSA) is 113 Å². The molecule has 0 bridgehead atoms. The van der Waals surface area contributed by atoms with Crippen molar-refractivity contribution in [1.29, 1.82) is 0 Å². The third-order valence-corrected chi connectivity index (χ3v) is 2.91. The second-order valence-corrected chi connectivity index (χ2v) is 4.54. The van der Waals surface area contributed by atoms with E-state index < -0.39 is 5.56 Å². The van der Waals surface area contributed by atoms with Gasteiger partial charge in [0.2, 0.25) is 0 Å². The molecule has 7 nitrogen and oxygen atoms in total. The summed E-state index contributed by atoms with van der Waals surface area (Å²) in [6.07, 6.45) is 1.27. The van der Waals surface area contributed by atoms with Gasteiger partial charge in [0.25, 0.3) is 11.5 Å². The predicted octanol–water partition coefficient (Wildman–Crippen LogP) is 0.502. The number of nitrogens with zero attached hydrogens (tertiary/aromatic N) is 1. The van der Waals surface area contributed by atoms with Crippen LogP contribution in [-0.2, 0) is 0 Å². The molecule has 1 amide bonds. The van der Waals surface area contributed by atoms with E-state index in [1.807, 2.05) is 19.1 Å². The van der Waals surface area contributed by atoms with Crippen LogP contribution >= 0.6 is 0 Å². The molecule has 0 saturated carbocycles. The molecule has 7 heteroatoms. The molecular formula is C14H17N5O2.